The van der Waals surface area contributed by atoms with E-state index in [9.17, 15) is 4.79 Å². The minimum Gasteiger partial charge on any atom is -0.300 e. The van der Waals surface area contributed by atoms with Crippen LogP contribution in [0, 0.1) is 6.92 Å². The van der Waals surface area contributed by atoms with Crippen molar-refractivity contribution in [2.75, 3.05) is 0 Å². The number of aryl methyl sites for hydroxylation is 1. The lowest BCUT2D eigenvalue weighted by atomic mass is 10.2. The van der Waals surface area contributed by atoms with Gasteiger partial charge in [-0.05, 0) is 60.2 Å². The molecule has 2 aromatic carbocycles. The number of carbonyl (C=O) groups is 1. The van der Waals surface area contributed by atoms with Gasteiger partial charge in [0, 0.05) is 15.1 Å². The molecule has 0 radical (unpaired) electrons. The molecule has 1 aliphatic heterocycles. The van der Waals surface area contributed by atoms with E-state index in [1.807, 2.05) is 19.1 Å². The summed E-state index contributed by atoms with van der Waals surface area (Å²) in [5.41, 5.74) is 2.37. The number of aliphatic imine (C=N–C) groups is 1. The van der Waals surface area contributed by atoms with Gasteiger partial charge >= 0.3 is 0 Å². The van der Waals surface area contributed by atoms with E-state index in [0.717, 1.165) is 11.1 Å². The second-order valence-corrected chi connectivity index (χ2v) is 7.36. The molecular weight excluding hydrogens is 387 g/mol. The SMILES string of the molecule is Cc1ccc(N=C2NC(=O)/C(=C/c3ccc(Cl)cc3Cl)S2)cc1Cl. The highest BCUT2D eigenvalue weighted by molar-refractivity contribution is 8.18. The van der Waals surface area contributed by atoms with Crippen LogP contribution in [0.25, 0.3) is 6.08 Å². The van der Waals surface area contributed by atoms with Crippen LogP contribution in [0.2, 0.25) is 15.1 Å². The van der Waals surface area contributed by atoms with E-state index in [1.165, 1.54) is 11.8 Å². The molecule has 0 aliphatic carbocycles. The van der Waals surface area contributed by atoms with Gasteiger partial charge < -0.3 is 5.32 Å². The summed E-state index contributed by atoms with van der Waals surface area (Å²) in [4.78, 5) is 17.0. The topological polar surface area (TPSA) is 41.5 Å². The van der Waals surface area contributed by atoms with Crippen molar-refractivity contribution in [1.82, 2.24) is 5.32 Å². The van der Waals surface area contributed by atoms with Gasteiger partial charge in [0.25, 0.3) is 5.91 Å². The Bertz CT molecular complexity index is 893. The molecule has 3 rings (SSSR count). The number of nitrogens with one attached hydrogen (secondary N) is 1. The summed E-state index contributed by atoms with van der Waals surface area (Å²) in [5, 5.41) is 4.89. The highest BCUT2D eigenvalue weighted by Gasteiger charge is 2.24. The molecule has 0 saturated carbocycles. The Morgan fingerprint density at radius 1 is 1.08 bits per heavy atom. The highest BCUT2D eigenvalue weighted by atomic mass is 35.5. The summed E-state index contributed by atoms with van der Waals surface area (Å²) in [6, 6.07) is 10.6. The molecule has 7 heteroatoms. The Morgan fingerprint density at radius 3 is 2.58 bits per heavy atom. The molecule has 1 fully saturated rings. The molecule has 1 heterocycles. The number of rotatable bonds is 2. The number of benzene rings is 2. The molecule has 122 valence electrons. The molecule has 0 spiro atoms. The van der Waals surface area contributed by atoms with E-state index in [1.54, 1.807) is 30.3 Å². The van der Waals surface area contributed by atoms with Gasteiger partial charge in [0.2, 0.25) is 0 Å². The third-order valence-corrected chi connectivity index (χ3v) is 5.17. The molecule has 1 N–H and O–H groups in total. The number of amides is 1. The van der Waals surface area contributed by atoms with E-state index in [2.05, 4.69) is 10.3 Å². The lowest BCUT2D eigenvalue weighted by molar-refractivity contribution is -0.115. The third-order valence-electron chi connectivity index (χ3n) is 3.29. The number of carbonyl (C=O) groups excluding carboxylic acids is 1. The minimum atomic E-state index is -0.219. The van der Waals surface area contributed by atoms with Crippen LogP contribution in [0.3, 0.4) is 0 Å². The van der Waals surface area contributed by atoms with Crippen molar-refractivity contribution < 1.29 is 4.79 Å². The van der Waals surface area contributed by atoms with Crippen molar-refractivity contribution in [3.63, 3.8) is 0 Å². The maximum absolute atomic E-state index is 12.1. The van der Waals surface area contributed by atoms with Gasteiger partial charge in [-0.25, -0.2) is 4.99 Å². The van der Waals surface area contributed by atoms with Gasteiger partial charge in [-0.1, -0.05) is 46.9 Å². The molecule has 1 aliphatic rings. The second-order valence-electron chi connectivity index (χ2n) is 5.08. The van der Waals surface area contributed by atoms with E-state index in [0.29, 0.717) is 30.8 Å². The molecule has 0 bridgehead atoms. The zero-order valence-electron chi connectivity index (χ0n) is 12.4. The van der Waals surface area contributed by atoms with E-state index < -0.39 is 0 Å². The quantitative estimate of drug-likeness (QED) is 0.646. The van der Waals surface area contributed by atoms with Gasteiger partial charge in [0.1, 0.15) is 0 Å². The van der Waals surface area contributed by atoms with Crippen molar-refractivity contribution in [3.8, 4) is 0 Å². The number of hydrogen-bond donors (Lipinski definition) is 1. The second kappa shape index (κ2) is 7.19. The number of amidine groups is 1. The normalized spacial score (nSPS) is 17.6. The van der Waals surface area contributed by atoms with Crippen LogP contribution in [0.5, 0.6) is 0 Å². The van der Waals surface area contributed by atoms with Gasteiger partial charge in [-0.2, -0.15) is 0 Å². The van der Waals surface area contributed by atoms with Crippen molar-refractivity contribution in [2.24, 2.45) is 4.99 Å². The highest BCUT2D eigenvalue weighted by Crippen LogP contribution is 2.31. The summed E-state index contributed by atoms with van der Waals surface area (Å²) in [6.45, 7) is 1.92. The molecule has 2 aromatic rings. The Morgan fingerprint density at radius 2 is 1.88 bits per heavy atom. The zero-order valence-corrected chi connectivity index (χ0v) is 15.5. The Balaban J connectivity index is 1.86. The first kappa shape index (κ1) is 17.4. The summed E-state index contributed by atoms with van der Waals surface area (Å²) in [5.74, 6) is -0.219. The van der Waals surface area contributed by atoms with Crippen LogP contribution >= 0.6 is 46.6 Å². The molecule has 0 unspecified atom stereocenters. The lowest BCUT2D eigenvalue weighted by Crippen LogP contribution is -2.19. The Labute approximate surface area is 158 Å². The Kier molecular flexibility index (Phi) is 5.21. The van der Waals surface area contributed by atoms with Gasteiger partial charge in [-0.3, -0.25) is 4.79 Å². The summed E-state index contributed by atoms with van der Waals surface area (Å²) in [6.07, 6.45) is 1.71. The van der Waals surface area contributed by atoms with Crippen LogP contribution in [0.1, 0.15) is 11.1 Å². The summed E-state index contributed by atoms with van der Waals surface area (Å²) >= 11 is 19.4. The smallest absolute Gasteiger partial charge is 0.264 e. The van der Waals surface area contributed by atoms with Gasteiger partial charge in [0.05, 0.1) is 10.6 Å². The van der Waals surface area contributed by atoms with E-state index in [4.69, 9.17) is 34.8 Å². The first-order valence-electron chi connectivity index (χ1n) is 6.93. The maximum atomic E-state index is 12.1. The molecule has 1 saturated heterocycles. The molecule has 3 nitrogen and oxygen atoms in total. The van der Waals surface area contributed by atoms with Crippen LogP contribution in [-0.2, 0) is 4.79 Å². The van der Waals surface area contributed by atoms with E-state index >= 15 is 0 Å². The van der Waals surface area contributed by atoms with Crippen LogP contribution in [0.15, 0.2) is 46.3 Å². The number of thioether (sulfide) groups is 1. The standard InChI is InChI=1S/C17H11Cl3N2OS/c1-9-2-5-12(8-13(9)19)21-17-22-16(23)15(24-17)6-10-3-4-11(18)7-14(10)20/h2-8H,1H3,(H,21,22,23)/b15-6-. The minimum absolute atomic E-state index is 0.219. The Hall–Kier alpha value is -1.46. The molecule has 0 atom stereocenters. The van der Waals surface area contributed by atoms with Crippen LogP contribution < -0.4 is 5.32 Å². The fraction of sp³-hybridized carbons (Fsp3) is 0.0588. The number of nitrogens with zero attached hydrogens (tertiary/aromatic N) is 1. The molecular formula is C17H11Cl3N2OS. The van der Waals surface area contributed by atoms with Gasteiger partial charge in [-0.15, -0.1) is 0 Å². The number of halogens is 3. The monoisotopic (exact) mass is 396 g/mol. The van der Waals surface area contributed by atoms with Crippen molar-refractivity contribution in [2.45, 2.75) is 6.92 Å². The number of hydrogen-bond acceptors (Lipinski definition) is 3. The van der Waals surface area contributed by atoms with E-state index in [-0.39, 0.29) is 5.91 Å². The maximum Gasteiger partial charge on any atom is 0.264 e. The van der Waals surface area contributed by atoms with Crippen LogP contribution in [0.4, 0.5) is 5.69 Å². The fourth-order valence-corrected chi connectivity index (χ4v) is 3.48. The predicted octanol–water partition coefficient (Wildman–Crippen LogP) is 5.85. The predicted molar refractivity (Wildman–Crippen MR) is 103 cm³/mol. The third kappa shape index (κ3) is 3.95. The summed E-state index contributed by atoms with van der Waals surface area (Å²) in [7, 11) is 0. The zero-order chi connectivity index (χ0) is 17.3. The molecule has 24 heavy (non-hydrogen) atoms. The van der Waals surface area contributed by atoms with Crippen molar-refractivity contribution >= 4 is 69.4 Å². The molecule has 0 aromatic heterocycles. The average molecular weight is 398 g/mol. The first-order chi connectivity index (χ1) is 11.4. The average Bonchev–Trinajstić information content (AvgIpc) is 2.85. The van der Waals surface area contributed by atoms with Crippen LogP contribution in [-0.4, -0.2) is 11.1 Å². The first-order valence-corrected chi connectivity index (χ1v) is 8.88. The fourth-order valence-electron chi connectivity index (χ4n) is 2.01. The lowest BCUT2D eigenvalue weighted by Gasteiger charge is -2.00. The van der Waals surface area contributed by atoms with Crippen molar-refractivity contribution in [1.29, 1.82) is 0 Å². The summed E-state index contributed by atoms with van der Waals surface area (Å²) < 4.78 is 0. The van der Waals surface area contributed by atoms with Gasteiger partial charge in [0.15, 0.2) is 5.17 Å². The van der Waals surface area contributed by atoms with Crippen molar-refractivity contribution in [3.05, 3.63) is 67.5 Å². The molecule has 1 amide bonds. The largest absolute Gasteiger partial charge is 0.300 e.